The number of anilines is 2. The molecule has 0 amide bonds. The molecular weight excluding hydrogens is 586 g/mol. The lowest BCUT2D eigenvalue weighted by Crippen LogP contribution is -2.26. The van der Waals surface area contributed by atoms with Gasteiger partial charge in [-0.1, -0.05) is 37.3 Å². The fourth-order valence-corrected chi connectivity index (χ4v) is 6.30. The highest BCUT2D eigenvalue weighted by molar-refractivity contribution is 7.92. The number of carbonyl (C=O) groups excluding carboxylic acids is 1. The molecule has 1 N–H and O–H groups in total. The van der Waals surface area contributed by atoms with Crippen LogP contribution in [0.1, 0.15) is 60.7 Å². The Balaban J connectivity index is 1.87. The van der Waals surface area contributed by atoms with Crippen LogP contribution in [-0.2, 0) is 21.8 Å². The van der Waals surface area contributed by atoms with Gasteiger partial charge < -0.3 is 9.64 Å². The van der Waals surface area contributed by atoms with Crippen molar-refractivity contribution >= 4 is 44.2 Å². The fourth-order valence-electron chi connectivity index (χ4n) is 5.04. The van der Waals surface area contributed by atoms with Crippen LogP contribution in [-0.4, -0.2) is 48.6 Å². The van der Waals surface area contributed by atoms with Crippen LogP contribution < -0.4 is 15.2 Å². The minimum Gasteiger partial charge on any atom is -0.456 e. The van der Waals surface area contributed by atoms with Gasteiger partial charge in [0.25, 0.3) is 21.3 Å². The van der Waals surface area contributed by atoms with Gasteiger partial charge in [-0.05, 0) is 63.1 Å². The van der Waals surface area contributed by atoms with Gasteiger partial charge in [0, 0.05) is 32.6 Å². The van der Waals surface area contributed by atoms with Gasteiger partial charge in [-0.25, -0.2) is 18.2 Å². The minimum absolute atomic E-state index is 0.205. The number of hydrogen-bond acceptors (Lipinski definition) is 9. The third kappa shape index (κ3) is 6.27. The molecule has 1 aromatic heterocycles. The Morgan fingerprint density at radius 1 is 1.09 bits per heavy atom. The summed E-state index contributed by atoms with van der Waals surface area (Å²) in [5.74, 6) is -1.12. The van der Waals surface area contributed by atoms with Crippen LogP contribution in [0.2, 0.25) is 0 Å². The maximum Gasteiger partial charge on any atom is 0.340 e. The van der Waals surface area contributed by atoms with E-state index in [1.807, 2.05) is 13.0 Å². The number of hydrogen-bond donors (Lipinski definition) is 1. The summed E-state index contributed by atoms with van der Waals surface area (Å²) in [6, 6.07) is 13.4. The molecule has 44 heavy (non-hydrogen) atoms. The maximum atomic E-state index is 13.6. The summed E-state index contributed by atoms with van der Waals surface area (Å²) in [4.78, 5) is 44.0. The van der Waals surface area contributed by atoms with Crippen molar-refractivity contribution in [2.24, 2.45) is 7.05 Å². The molecule has 12 nitrogen and oxygen atoms in total. The van der Waals surface area contributed by atoms with Gasteiger partial charge >= 0.3 is 5.97 Å². The summed E-state index contributed by atoms with van der Waals surface area (Å²) in [6.45, 7) is 8.52. The number of nitro groups is 1. The number of aryl methyl sites for hydroxylation is 1. The summed E-state index contributed by atoms with van der Waals surface area (Å²) >= 11 is 0. The maximum absolute atomic E-state index is 13.6. The number of esters is 1. The number of para-hydroxylation sites is 1. The predicted molar refractivity (Wildman–Crippen MR) is 169 cm³/mol. The molecule has 0 aliphatic carbocycles. The molecule has 0 saturated heterocycles. The largest absolute Gasteiger partial charge is 0.456 e. The molecule has 0 aliphatic heterocycles. The van der Waals surface area contributed by atoms with Crippen molar-refractivity contribution in [3.05, 3.63) is 97.3 Å². The molecule has 1 atom stereocenters. The van der Waals surface area contributed by atoms with E-state index in [4.69, 9.17) is 9.72 Å². The Morgan fingerprint density at radius 2 is 1.75 bits per heavy atom. The molecule has 13 heteroatoms. The van der Waals surface area contributed by atoms with Crippen molar-refractivity contribution < 1.29 is 22.9 Å². The summed E-state index contributed by atoms with van der Waals surface area (Å²) in [7, 11) is 0.643. The zero-order chi connectivity index (χ0) is 32.7. The second-order valence-corrected chi connectivity index (χ2v) is 13.4. The van der Waals surface area contributed by atoms with Gasteiger partial charge in [-0.3, -0.25) is 24.2 Å². The number of sulfonamides is 1. The summed E-state index contributed by atoms with van der Waals surface area (Å²) in [5.41, 5.74) is -0.186. The van der Waals surface area contributed by atoms with Crippen LogP contribution >= 0.6 is 0 Å². The van der Waals surface area contributed by atoms with Crippen molar-refractivity contribution in [2.45, 2.75) is 51.0 Å². The van der Waals surface area contributed by atoms with E-state index < -0.39 is 38.1 Å². The van der Waals surface area contributed by atoms with Crippen molar-refractivity contribution in [1.29, 1.82) is 0 Å². The second-order valence-electron chi connectivity index (χ2n) is 11.7. The Kier molecular flexibility index (Phi) is 8.56. The first-order valence-electron chi connectivity index (χ1n) is 13.7. The number of ether oxygens (including phenoxy) is 1. The number of nitro benzene ring substituents is 1. The standard InChI is InChI=1S/C31H35N5O7S/c1-18-16-22(26-23(17-18)28(37)35(8)30(32-26)34(6)7)19(2)20-13-11-14-24(27(20)36(39)40)33-44(41,42)25-15-10-9-12-21(25)29(38)43-31(3,4)5/h9-17,19,33H,1-8H3. The molecule has 0 saturated carbocycles. The first kappa shape index (κ1) is 32.1. The second kappa shape index (κ2) is 11.7. The average molecular weight is 622 g/mol. The Labute approximate surface area is 255 Å². The van der Waals surface area contributed by atoms with Crippen LogP contribution in [0.3, 0.4) is 0 Å². The zero-order valence-corrected chi connectivity index (χ0v) is 26.6. The molecule has 1 unspecified atom stereocenters. The molecule has 4 aromatic rings. The third-order valence-electron chi connectivity index (χ3n) is 6.95. The summed E-state index contributed by atoms with van der Waals surface area (Å²) < 4.78 is 36.4. The van der Waals surface area contributed by atoms with Crippen LogP contribution in [0.4, 0.5) is 17.3 Å². The van der Waals surface area contributed by atoms with Crippen LogP contribution in [0, 0.1) is 17.0 Å². The molecule has 4 rings (SSSR count). The van der Waals surface area contributed by atoms with E-state index in [1.165, 1.54) is 47.0 Å². The molecule has 1 heterocycles. The number of aromatic nitrogens is 2. The number of carbonyl (C=O) groups is 1. The molecule has 0 spiro atoms. The molecule has 0 bridgehead atoms. The van der Waals surface area contributed by atoms with Crippen LogP contribution in [0.5, 0.6) is 0 Å². The normalized spacial score (nSPS) is 12.5. The molecular formula is C31H35N5O7S. The van der Waals surface area contributed by atoms with Crippen molar-refractivity contribution in [1.82, 2.24) is 9.55 Å². The third-order valence-corrected chi connectivity index (χ3v) is 8.38. The fraction of sp³-hybridized carbons (Fsp3) is 0.323. The highest BCUT2D eigenvalue weighted by atomic mass is 32.2. The van der Waals surface area contributed by atoms with Crippen LogP contribution in [0.25, 0.3) is 10.9 Å². The molecule has 3 aromatic carbocycles. The van der Waals surface area contributed by atoms with Crippen LogP contribution in [0.15, 0.2) is 64.3 Å². The lowest BCUT2D eigenvalue weighted by atomic mass is 9.89. The number of fused-ring (bicyclic) bond motifs is 1. The smallest absolute Gasteiger partial charge is 0.340 e. The Morgan fingerprint density at radius 3 is 2.36 bits per heavy atom. The topological polar surface area (TPSA) is 154 Å². The lowest BCUT2D eigenvalue weighted by molar-refractivity contribution is -0.384. The quantitative estimate of drug-likeness (QED) is 0.160. The molecule has 0 aliphatic rings. The molecule has 232 valence electrons. The monoisotopic (exact) mass is 621 g/mol. The highest BCUT2D eigenvalue weighted by Crippen LogP contribution is 2.39. The molecule has 0 fully saturated rings. The first-order valence-corrected chi connectivity index (χ1v) is 15.2. The number of rotatable bonds is 8. The van der Waals surface area contributed by atoms with E-state index in [0.29, 0.717) is 22.4 Å². The van der Waals surface area contributed by atoms with E-state index in [0.717, 1.165) is 5.56 Å². The van der Waals surface area contributed by atoms with E-state index in [9.17, 15) is 28.1 Å². The Hall–Kier alpha value is -4.78. The van der Waals surface area contributed by atoms with Gasteiger partial charge in [0.05, 0.1) is 21.4 Å². The van der Waals surface area contributed by atoms with Crippen molar-refractivity contribution in [3.8, 4) is 0 Å². The summed E-state index contributed by atoms with van der Waals surface area (Å²) in [6.07, 6.45) is 0. The van der Waals surface area contributed by atoms with Gasteiger partial charge in [-0.15, -0.1) is 0 Å². The Bertz CT molecular complexity index is 1960. The number of nitrogens with one attached hydrogen (secondary N) is 1. The van der Waals surface area contributed by atoms with Crippen molar-refractivity contribution in [3.63, 3.8) is 0 Å². The zero-order valence-electron chi connectivity index (χ0n) is 25.8. The highest BCUT2D eigenvalue weighted by Gasteiger charge is 2.31. The van der Waals surface area contributed by atoms with E-state index in [1.54, 1.807) is 59.8 Å². The van der Waals surface area contributed by atoms with E-state index >= 15 is 0 Å². The van der Waals surface area contributed by atoms with E-state index in [2.05, 4.69) is 4.72 Å². The average Bonchev–Trinajstić information content (AvgIpc) is 2.92. The molecule has 0 radical (unpaired) electrons. The van der Waals surface area contributed by atoms with Gasteiger partial charge in [0.1, 0.15) is 16.2 Å². The van der Waals surface area contributed by atoms with Crippen molar-refractivity contribution in [2.75, 3.05) is 23.7 Å². The van der Waals surface area contributed by atoms with Gasteiger partial charge in [0.15, 0.2) is 0 Å². The lowest BCUT2D eigenvalue weighted by Gasteiger charge is -2.21. The van der Waals surface area contributed by atoms with Gasteiger partial charge in [0.2, 0.25) is 5.95 Å². The van der Waals surface area contributed by atoms with E-state index in [-0.39, 0.29) is 27.3 Å². The minimum atomic E-state index is -4.49. The summed E-state index contributed by atoms with van der Waals surface area (Å²) in [5, 5.41) is 12.9. The number of nitrogens with zero attached hydrogens (tertiary/aromatic N) is 4. The number of benzene rings is 3. The first-order chi connectivity index (χ1) is 20.4. The van der Waals surface area contributed by atoms with Gasteiger partial charge in [-0.2, -0.15) is 0 Å². The SMILES string of the molecule is Cc1cc(C(C)c2cccc(NS(=O)(=O)c3ccccc3C(=O)OC(C)(C)C)c2[N+](=O)[O-])c2nc(N(C)C)n(C)c(=O)c2c1. The predicted octanol–water partition coefficient (Wildman–Crippen LogP) is 5.12.